The van der Waals surface area contributed by atoms with E-state index in [-0.39, 0.29) is 16.4 Å². The third-order valence-corrected chi connectivity index (χ3v) is 6.62. The van der Waals surface area contributed by atoms with Gasteiger partial charge in [-0.15, -0.1) is 0 Å². The van der Waals surface area contributed by atoms with Crippen molar-refractivity contribution >= 4 is 16.7 Å². The van der Waals surface area contributed by atoms with Crippen LogP contribution in [0.3, 0.4) is 0 Å². The predicted molar refractivity (Wildman–Crippen MR) is 117 cm³/mol. The van der Waals surface area contributed by atoms with Crippen LogP contribution in [0.5, 0.6) is 0 Å². The summed E-state index contributed by atoms with van der Waals surface area (Å²) in [6, 6.07) is 17.2. The van der Waals surface area contributed by atoms with Crippen LogP contribution >= 0.6 is 0 Å². The number of carbonyl (C=O) groups is 1. The molecule has 0 aromatic heterocycles. The van der Waals surface area contributed by atoms with E-state index >= 15 is 0 Å². The first-order valence-electron chi connectivity index (χ1n) is 10.2. The lowest BCUT2D eigenvalue weighted by Crippen LogP contribution is -2.34. The summed E-state index contributed by atoms with van der Waals surface area (Å²) in [5, 5.41) is 22.1. The lowest BCUT2D eigenvalue weighted by atomic mass is 9.63. The molecule has 4 rings (SSSR count). The smallest absolute Gasteiger partial charge is 0.335 e. The molecule has 0 saturated carbocycles. The van der Waals surface area contributed by atoms with E-state index in [4.69, 9.17) is 0 Å². The number of aliphatic hydroxyl groups excluding tert-OH is 1. The molecule has 3 nitrogen and oxygen atoms in total. The lowest BCUT2D eigenvalue weighted by molar-refractivity contribution is 0.0697. The first kappa shape index (κ1) is 19.7. The van der Waals surface area contributed by atoms with Gasteiger partial charge in [-0.3, -0.25) is 0 Å². The van der Waals surface area contributed by atoms with E-state index in [0.29, 0.717) is 0 Å². The molecule has 29 heavy (non-hydrogen) atoms. The van der Waals surface area contributed by atoms with Gasteiger partial charge >= 0.3 is 5.97 Å². The number of aliphatic hydroxyl groups is 1. The molecule has 2 N–H and O–H groups in total. The predicted octanol–water partition coefficient (Wildman–Crippen LogP) is 5.97. The van der Waals surface area contributed by atoms with Crippen molar-refractivity contribution in [3.63, 3.8) is 0 Å². The molecule has 0 spiro atoms. The quantitative estimate of drug-likeness (QED) is 0.581. The average molecular weight is 389 g/mol. The summed E-state index contributed by atoms with van der Waals surface area (Å²) >= 11 is 0. The summed E-state index contributed by atoms with van der Waals surface area (Å²) in [4.78, 5) is 11.2. The minimum atomic E-state index is -0.935. The second-order valence-electron chi connectivity index (χ2n) is 9.60. The van der Waals surface area contributed by atoms with Gasteiger partial charge in [-0.05, 0) is 74.9 Å². The Kier molecular flexibility index (Phi) is 4.54. The highest BCUT2D eigenvalue weighted by Gasteiger charge is 2.37. The van der Waals surface area contributed by atoms with E-state index in [1.165, 1.54) is 11.1 Å². The number of fused-ring (bicyclic) bond motifs is 2. The van der Waals surface area contributed by atoms with Crippen molar-refractivity contribution in [1.29, 1.82) is 0 Å². The molecule has 0 aliphatic heterocycles. The molecule has 1 atom stereocenters. The molecule has 1 aliphatic carbocycles. The van der Waals surface area contributed by atoms with Crippen molar-refractivity contribution < 1.29 is 15.0 Å². The van der Waals surface area contributed by atoms with E-state index in [0.717, 1.165) is 34.7 Å². The second kappa shape index (κ2) is 6.70. The van der Waals surface area contributed by atoms with Crippen molar-refractivity contribution in [2.24, 2.45) is 0 Å². The highest BCUT2D eigenvalue weighted by molar-refractivity contribution is 5.94. The Morgan fingerprint density at radius 2 is 1.34 bits per heavy atom. The Balaban J connectivity index is 1.74. The van der Waals surface area contributed by atoms with Crippen LogP contribution in [0.15, 0.2) is 54.6 Å². The SMILES string of the molecule is CC1(C)CCC(C)(C)c2cc([C@@H](O)c3ccc4cc(C(=O)O)ccc4c3)ccc21. The minimum absolute atomic E-state index is 0.0944. The van der Waals surface area contributed by atoms with Crippen molar-refractivity contribution in [3.8, 4) is 0 Å². The number of carboxylic acids is 1. The molecule has 3 aromatic carbocycles. The zero-order valence-corrected chi connectivity index (χ0v) is 17.5. The Morgan fingerprint density at radius 3 is 2.03 bits per heavy atom. The summed E-state index contributed by atoms with van der Waals surface area (Å²) in [7, 11) is 0. The second-order valence-corrected chi connectivity index (χ2v) is 9.60. The van der Waals surface area contributed by atoms with E-state index < -0.39 is 12.1 Å². The molecule has 0 bridgehead atoms. The maximum atomic E-state index is 11.2. The van der Waals surface area contributed by atoms with Gasteiger partial charge in [-0.2, -0.15) is 0 Å². The molecule has 0 fully saturated rings. The molecule has 0 saturated heterocycles. The average Bonchev–Trinajstić information content (AvgIpc) is 2.70. The highest BCUT2D eigenvalue weighted by Crippen LogP contribution is 2.46. The summed E-state index contributed by atoms with van der Waals surface area (Å²) in [6.07, 6.45) is 1.58. The van der Waals surface area contributed by atoms with Crippen molar-refractivity contribution in [2.45, 2.75) is 57.5 Å². The van der Waals surface area contributed by atoms with Gasteiger partial charge in [0.1, 0.15) is 6.10 Å². The number of rotatable bonds is 3. The van der Waals surface area contributed by atoms with Gasteiger partial charge in [0.25, 0.3) is 0 Å². The fourth-order valence-corrected chi connectivity index (χ4v) is 4.54. The van der Waals surface area contributed by atoms with E-state index in [1.54, 1.807) is 18.2 Å². The number of aromatic carboxylic acids is 1. The first-order chi connectivity index (χ1) is 13.6. The van der Waals surface area contributed by atoms with Crippen LogP contribution in [-0.2, 0) is 10.8 Å². The van der Waals surface area contributed by atoms with Crippen LogP contribution in [-0.4, -0.2) is 16.2 Å². The molecular formula is C26H28O3. The zero-order valence-electron chi connectivity index (χ0n) is 17.5. The maximum Gasteiger partial charge on any atom is 0.335 e. The van der Waals surface area contributed by atoms with Crippen LogP contribution in [0, 0.1) is 0 Å². The van der Waals surface area contributed by atoms with Gasteiger partial charge in [0, 0.05) is 0 Å². The highest BCUT2D eigenvalue weighted by atomic mass is 16.4. The minimum Gasteiger partial charge on any atom is -0.478 e. The number of carboxylic acid groups (broad SMARTS) is 1. The van der Waals surface area contributed by atoms with Gasteiger partial charge in [0.15, 0.2) is 0 Å². The lowest BCUT2D eigenvalue weighted by Gasteiger charge is -2.42. The molecule has 0 radical (unpaired) electrons. The maximum absolute atomic E-state index is 11.2. The largest absolute Gasteiger partial charge is 0.478 e. The van der Waals surface area contributed by atoms with Gasteiger partial charge in [0.2, 0.25) is 0 Å². The van der Waals surface area contributed by atoms with E-state index in [9.17, 15) is 15.0 Å². The fraction of sp³-hybridized carbons (Fsp3) is 0.346. The summed E-state index contributed by atoms with van der Waals surface area (Å²) in [5.41, 5.74) is 4.94. The molecule has 0 heterocycles. The van der Waals surface area contributed by atoms with Crippen LogP contribution < -0.4 is 0 Å². The normalized spacial score (nSPS) is 18.2. The van der Waals surface area contributed by atoms with Crippen molar-refractivity contribution in [3.05, 3.63) is 82.4 Å². The van der Waals surface area contributed by atoms with E-state index in [1.807, 2.05) is 24.3 Å². The van der Waals surface area contributed by atoms with Gasteiger partial charge in [-0.1, -0.05) is 64.1 Å². The van der Waals surface area contributed by atoms with Crippen LogP contribution in [0.1, 0.15) is 79.3 Å². The molecule has 3 heteroatoms. The topological polar surface area (TPSA) is 57.5 Å². The van der Waals surface area contributed by atoms with Gasteiger partial charge in [0.05, 0.1) is 5.56 Å². The summed E-state index contributed by atoms with van der Waals surface area (Å²) in [6.45, 7) is 9.17. The Labute approximate surface area is 172 Å². The number of benzene rings is 3. The molecule has 0 amide bonds. The monoisotopic (exact) mass is 388 g/mol. The van der Waals surface area contributed by atoms with Crippen molar-refractivity contribution in [2.75, 3.05) is 0 Å². The van der Waals surface area contributed by atoms with Gasteiger partial charge < -0.3 is 10.2 Å². The standard InChI is InChI=1S/C26H28O3/c1-25(2)11-12-26(3,4)22-15-19(9-10-21(22)25)23(27)18-7-5-17-14-20(24(28)29)8-6-16(17)13-18/h5-10,13-15,23,27H,11-12H2,1-4H3,(H,28,29)/t23-/m0/s1. The molecule has 1 aliphatic rings. The number of hydrogen-bond acceptors (Lipinski definition) is 2. The Bertz CT molecular complexity index is 1110. The number of hydrogen-bond donors (Lipinski definition) is 2. The summed E-state index contributed by atoms with van der Waals surface area (Å²) in [5.74, 6) is -0.935. The zero-order chi connectivity index (χ0) is 21.0. The third-order valence-electron chi connectivity index (χ3n) is 6.62. The molecule has 0 unspecified atom stereocenters. The Hall–Kier alpha value is -2.65. The van der Waals surface area contributed by atoms with Crippen molar-refractivity contribution in [1.82, 2.24) is 0 Å². The van der Waals surface area contributed by atoms with E-state index in [2.05, 4.69) is 39.8 Å². The Morgan fingerprint density at radius 1 is 0.793 bits per heavy atom. The van der Waals surface area contributed by atoms with Gasteiger partial charge in [-0.25, -0.2) is 4.79 Å². The molecule has 150 valence electrons. The fourth-order valence-electron chi connectivity index (χ4n) is 4.54. The third kappa shape index (κ3) is 3.44. The summed E-state index contributed by atoms with van der Waals surface area (Å²) < 4.78 is 0. The molecule has 3 aromatic rings. The first-order valence-corrected chi connectivity index (χ1v) is 10.2. The van der Waals surface area contributed by atoms with Crippen LogP contribution in [0.25, 0.3) is 10.8 Å². The molecular weight excluding hydrogens is 360 g/mol. The van der Waals surface area contributed by atoms with Crippen LogP contribution in [0.2, 0.25) is 0 Å². The van der Waals surface area contributed by atoms with Crippen LogP contribution in [0.4, 0.5) is 0 Å².